The molecule has 1 heterocycles. The zero-order chi connectivity index (χ0) is 22.4. The van der Waals surface area contributed by atoms with Gasteiger partial charge in [0.1, 0.15) is 5.75 Å². The first kappa shape index (κ1) is 22.3. The number of benzene rings is 2. The number of amides is 2. The van der Waals surface area contributed by atoms with Crippen LogP contribution in [-0.2, 0) is 7.05 Å². The SMILES string of the molecule is COc1ccc(NC(=O)c2cc(-c3cccc(Cl)c3)n(C)n2)cc1C(=O)NCCCN. The summed E-state index contributed by atoms with van der Waals surface area (Å²) in [6.07, 6.45) is 0.666. The van der Waals surface area contributed by atoms with Crippen LogP contribution in [0.4, 0.5) is 5.69 Å². The minimum Gasteiger partial charge on any atom is -0.496 e. The van der Waals surface area contributed by atoms with Gasteiger partial charge in [0.2, 0.25) is 0 Å². The molecule has 0 atom stereocenters. The number of carbonyl (C=O) groups excluding carboxylic acids is 2. The quantitative estimate of drug-likeness (QED) is 0.465. The van der Waals surface area contributed by atoms with Crippen LogP contribution in [0.15, 0.2) is 48.5 Å². The highest BCUT2D eigenvalue weighted by Gasteiger charge is 2.17. The van der Waals surface area contributed by atoms with Crippen molar-refractivity contribution in [2.45, 2.75) is 6.42 Å². The van der Waals surface area contributed by atoms with Crippen LogP contribution < -0.4 is 21.1 Å². The van der Waals surface area contributed by atoms with Gasteiger partial charge in [-0.3, -0.25) is 14.3 Å². The lowest BCUT2D eigenvalue weighted by molar-refractivity contribution is 0.0949. The minimum atomic E-state index is -0.400. The van der Waals surface area contributed by atoms with Crippen molar-refractivity contribution in [3.8, 4) is 17.0 Å². The number of aryl methyl sites for hydroxylation is 1. The maximum Gasteiger partial charge on any atom is 0.276 e. The van der Waals surface area contributed by atoms with Crippen LogP contribution in [-0.4, -0.2) is 41.8 Å². The number of hydrogen-bond acceptors (Lipinski definition) is 5. The number of aromatic nitrogens is 2. The number of methoxy groups -OCH3 is 1. The fourth-order valence-corrected chi connectivity index (χ4v) is 3.24. The Balaban J connectivity index is 1.80. The van der Waals surface area contributed by atoms with Crippen molar-refractivity contribution in [2.24, 2.45) is 12.8 Å². The first-order chi connectivity index (χ1) is 14.9. The predicted octanol–water partition coefficient (Wildman–Crippen LogP) is 3.08. The average molecular weight is 442 g/mol. The zero-order valence-corrected chi connectivity index (χ0v) is 18.1. The maximum atomic E-state index is 12.8. The summed E-state index contributed by atoms with van der Waals surface area (Å²) in [4.78, 5) is 25.2. The van der Waals surface area contributed by atoms with Gasteiger partial charge in [-0.05, 0) is 49.4 Å². The lowest BCUT2D eigenvalue weighted by atomic mass is 10.1. The largest absolute Gasteiger partial charge is 0.496 e. The van der Waals surface area contributed by atoms with Crippen molar-refractivity contribution < 1.29 is 14.3 Å². The van der Waals surface area contributed by atoms with Gasteiger partial charge in [0.25, 0.3) is 11.8 Å². The molecule has 2 aromatic carbocycles. The minimum absolute atomic E-state index is 0.238. The molecule has 0 aliphatic rings. The topological polar surface area (TPSA) is 111 Å². The van der Waals surface area contributed by atoms with Crippen molar-refractivity contribution in [3.05, 3.63) is 64.8 Å². The van der Waals surface area contributed by atoms with E-state index in [1.54, 1.807) is 48.1 Å². The number of ether oxygens (including phenoxy) is 1. The molecule has 9 heteroatoms. The van der Waals surface area contributed by atoms with Crippen molar-refractivity contribution >= 4 is 29.1 Å². The second kappa shape index (κ2) is 10.1. The van der Waals surface area contributed by atoms with Gasteiger partial charge in [-0.15, -0.1) is 0 Å². The normalized spacial score (nSPS) is 10.6. The molecule has 31 heavy (non-hydrogen) atoms. The lowest BCUT2D eigenvalue weighted by Gasteiger charge is -2.11. The third-order valence-electron chi connectivity index (χ3n) is 4.60. The van der Waals surface area contributed by atoms with E-state index in [4.69, 9.17) is 22.1 Å². The molecule has 0 spiro atoms. The van der Waals surface area contributed by atoms with Crippen LogP contribution in [0.3, 0.4) is 0 Å². The monoisotopic (exact) mass is 441 g/mol. The molecule has 0 radical (unpaired) electrons. The number of anilines is 1. The Morgan fingerprint density at radius 1 is 1.16 bits per heavy atom. The smallest absolute Gasteiger partial charge is 0.276 e. The van der Waals surface area contributed by atoms with E-state index in [-0.39, 0.29) is 11.6 Å². The highest BCUT2D eigenvalue weighted by molar-refractivity contribution is 6.30. The summed E-state index contributed by atoms with van der Waals surface area (Å²) < 4.78 is 6.89. The Bertz CT molecular complexity index is 1100. The lowest BCUT2D eigenvalue weighted by Crippen LogP contribution is -2.26. The van der Waals surface area contributed by atoms with E-state index >= 15 is 0 Å². The van der Waals surface area contributed by atoms with E-state index in [2.05, 4.69) is 15.7 Å². The molecular formula is C22H24ClN5O3. The molecule has 2 amide bonds. The summed E-state index contributed by atoms with van der Waals surface area (Å²) in [7, 11) is 3.24. The number of carbonyl (C=O) groups is 2. The first-order valence-corrected chi connectivity index (χ1v) is 10.1. The van der Waals surface area contributed by atoms with Crippen molar-refractivity contribution in [3.63, 3.8) is 0 Å². The van der Waals surface area contributed by atoms with Gasteiger partial charge in [0.05, 0.1) is 18.4 Å². The highest BCUT2D eigenvalue weighted by Crippen LogP contribution is 2.25. The Kier molecular flexibility index (Phi) is 7.28. The van der Waals surface area contributed by atoms with Gasteiger partial charge in [-0.2, -0.15) is 5.10 Å². The van der Waals surface area contributed by atoms with E-state index in [1.165, 1.54) is 7.11 Å². The zero-order valence-electron chi connectivity index (χ0n) is 17.3. The van der Waals surface area contributed by atoms with Gasteiger partial charge in [-0.1, -0.05) is 23.7 Å². The molecule has 1 aromatic heterocycles. The van der Waals surface area contributed by atoms with Crippen LogP contribution in [0, 0.1) is 0 Å². The molecule has 3 aromatic rings. The Hall–Kier alpha value is -3.36. The molecule has 8 nitrogen and oxygen atoms in total. The van der Waals surface area contributed by atoms with E-state index in [0.29, 0.717) is 41.5 Å². The van der Waals surface area contributed by atoms with Crippen LogP contribution in [0.25, 0.3) is 11.3 Å². The summed E-state index contributed by atoms with van der Waals surface area (Å²) in [6, 6.07) is 13.9. The fraction of sp³-hybridized carbons (Fsp3) is 0.227. The van der Waals surface area contributed by atoms with Gasteiger partial charge < -0.3 is 21.1 Å². The molecule has 0 unspecified atom stereocenters. The molecule has 3 rings (SSSR count). The van der Waals surface area contributed by atoms with Crippen LogP contribution in [0.2, 0.25) is 5.02 Å². The van der Waals surface area contributed by atoms with Crippen LogP contribution in [0.5, 0.6) is 5.75 Å². The summed E-state index contributed by atoms with van der Waals surface area (Å²) in [5, 5.41) is 10.5. The number of nitrogens with one attached hydrogen (secondary N) is 2. The Morgan fingerprint density at radius 3 is 2.68 bits per heavy atom. The second-order valence-corrected chi connectivity index (χ2v) is 7.25. The van der Waals surface area contributed by atoms with Gasteiger partial charge in [0, 0.05) is 29.9 Å². The van der Waals surface area contributed by atoms with Crippen LogP contribution >= 0.6 is 11.6 Å². The molecule has 0 saturated heterocycles. The van der Waals surface area contributed by atoms with Crippen molar-refractivity contribution in [1.82, 2.24) is 15.1 Å². The fourth-order valence-electron chi connectivity index (χ4n) is 3.05. The summed E-state index contributed by atoms with van der Waals surface area (Å²) >= 11 is 6.07. The standard InChI is InChI=1S/C22H24ClN5O3/c1-28-19(14-5-3-6-15(23)11-14)13-18(27-28)22(30)26-16-7-8-20(31-2)17(12-16)21(29)25-10-4-9-24/h3,5-8,11-13H,4,9-10,24H2,1-2H3,(H,25,29)(H,26,30). The van der Waals surface area contributed by atoms with E-state index in [1.807, 2.05) is 12.1 Å². The van der Waals surface area contributed by atoms with Gasteiger partial charge in [0.15, 0.2) is 5.69 Å². The molecule has 0 aliphatic carbocycles. The predicted molar refractivity (Wildman–Crippen MR) is 121 cm³/mol. The van der Waals surface area contributed by atoms with Gasteiger partial charge >= 0.3 is 0 Å². The van der Waals surface area contributed by atoms with Crippen LogP contribution in [0.1, 0.15) is 27.3 Å². The molecule has 0 fully saturated rings. The third kappa shape index (κ3) is 5.42. The number of hydrogen-bond donors (Lipinski definition) is 3. The second-order valence-electron chi connectivity index (χ2n) is 6.82. The number of rotatable bonds is 8. The van der Waals surface area contributed by atoms with E-state index < -0.39 is 5.91 Å². The molecule has 162 valence electrons. The summed E-state index contributed by atoms with van der Waals surface area (Å²) in [5.41, 5.74) is 8.07. The van der Waals surface area contributed by atoms with Crippen molar-refractivity contribution in [1.29, 1.82) is 0 Å². The number of nitrogens with zero attached hydrogens (tertiary/aromatic N) is 2. The molecule has 4 N–H and O–H groups in total. The highest BCUT2D eigenvalue weighted by atomic mass is 35.5. The van der Waals surface area contributed by atoms with E-state index in [9.17, 15) is 9.59 Å². The van der Waals surface area contributed by atoms with Gasteiger partial charge in [-0.25, -0.2) is 0 Å². The Morgan fingerprint density at radius 2 is 1.97 bits per heavy atom. The maximum absolute atomic E-state index is 12.8. The molecular weight excluding hydrogens is 418 g/mol. The summed E-state index contributed by atoms with van der Waals surface area (Å²) in [5.74, 6) is -0.296. The molecule has 0 saturated carbocycles. The van der Waals surface area contributed by atoms with E-state index in [0.717, 1.165) is 11.3 Å². The Labute approximate surface area is 185 Å². The number of nitrogens with two attached hydrogens (primary N) is 1. The first-order valence-electron chi connectivity index (χ1n) is 9.70. The average Bonchev–Trinajstić information content (AvgIpc) is 3.15. The molecule has 0 bridgehead atoms. The third-order valence-corrected chi connectivity index (χ3v) is 4.84. The summed E-state index contributed by atoms with van der Waals surface area (Å²) in [6.45, 7) is 0.935. The molecule has 0 aliphatic heterocycles. The van der Waals surface area contributed by atoms with Crippen molar-refractivity contribution in [2.75, 3.05) is 25.5 Å². The number of halogens is 1.